The molecule has 1 aromatic rings. The Bertz CT molecular complexity index is 546. The van der Waals surface area contributed by atoms with Crippen molar-refractivity contribution in [3.8, 4) is 0 Å². The van der Waals surface area contributed by atoms with Gasteiger partial charge in [-0.15, -0.1) is 0 Å². The first-order chi connectivity index (χ1) is 11.5. The van der Waals surface area contributed by atoms with Gasteiger partial charge in [0.15, 0.2) is 0 Å². The van der Waals surface area contributed by atoms with E-state index in [1.54, 1.807) is 0 Å². The van der Waals surface area contributed by atoms with Gasteiger partial charge in [-0.05, 0) is 46.5 Å². The van der Waals surface area contributed by atoms with E-state index in [1.165, 1.54) is 25.7 Å². The van der Waals surface area contributed by atoms with Gasteiger partial charge in [0.2, 0.25) is 0 Å². The lowest BCUT2D eigenvalue weighted by atomic mass is 10.1. The molecule has 1 aliphatic heterocycles. The lowest BCUT2D eigenvalue weighted by molar-refractivity contribution is 0.225. The Balaban J connectivity index is 1.42. The van der Waals surface area contributed by atoms with Gasteiger partial charge in [-0.2, -0.15) is 0 Å². The molecule has 0 bridgehead atoms. The number of hydrogen-bond donors (Lipinski definition) is 2. The number of carbonyl (C=O) groups excluding carboxylic acids is 1. The van der Waals surface area contributed by atoms with E-state index in [9.17, 15) is 4.79 Å². The summed E-state index contributed by atoms with van der Waals surface area (Å²) in [5.41, 5.74) is 2.00. The fourth-order valence-corrected chi connectivity index (χ4v) is 4.11. The Morgan fingerprint density at radius 1 is 1.33 bits per heavy atom. The number of likely N-dealkylation sites (tertiary alicyclic amines) is 1. The Labute approximate surface area is 144 Å². The van der Waals surface area contributed by atoms with Crippen LogP contribution in [0.25, 0.3) is 0 Å². The topological polar surface area (TPSA) is 70.4 Å². The minimum absolute atomic E-state index is 0.0501. The van der Waals surface area contributed by atoms with Crippen LogP contribution in [0.4, 0.5) is 4.79 Å². The predicted octanol–water partition coefficient (Wildman–Crippen LogP) is 2.54. The van der Waals surface area contributed by atoms with Crippen LogP contribution in [-0.2, 0) is 6.42 Å². The summed E-state index contributed by atoms with van der Waals surface area (Å²) in [6.07, 6.45) is 7.17. The highest BCUT2D eigenvalue weighted by Gasteiger charge is 2.30. The smallest absolute Gasteiger partial charge is 0.315 e. The maximum atomic E-state index is 12.3. The normalized spacial score (nSPS) is 23.5. The third-order valence-corrected chi connectivity index (χ3v) is 5.47. The molecule has 2 unspecified atom stereocenters. The summed E-state index contributed by atoms with van der Waals surface area (Å²) in [6.45, 7) is 7.98. The number of rotatable bonds is 5. The second kappa shape index (κ2) is 7.55. The van der Waals surface area contributed by atoms with E-state index in [1.807, 2.05) is 20.8 Å². The van der Waals surface area contributed by atoms with Crippen LogP contribution in [0.15, 0.2) is 4.52 Å². The van der Waals surface area contributed by atoms with Crippen LogP contribution in [-0.4, -0.2) is 47.3 Å². The molecule has 0 radical (unpaired) electrons. The van der Waals surface area contributed by atoms with E-state index in [4.69, 9.17) is 4.52 Å². The lowest BCUT2D eigenvalue weighted by Gasteiger charge is -2.23. The standard InChI is InChI=1S/C18H30N4O2/c1-12(10-17-13(2)21-24-14(17)3)19-18(23)20-15-8-9-22(11-15)16-6-4-5-7-16/h12,15-16H,4-11H2,1-3H3,(H2,19,20,23). The first kappa shape index (κ1) is 17.3. The summed E-state index contributed by atoms with van der Waals surface area (Å²) in [5.74, 6) is 0.838. The Hall–Kier alpha value is -1.56. The van der Waals surface area contributed by atoms with Gasteiger partial charge in [-0.25, -0.2) is 4.79 Å². The van der Waals surface area contributed by atoms with Crippen molar-refractivity contribution in [3.05, 3.63) is 17.0 Å². The minimum Gasteiger partial charge on any atom is -0.361 e. The molecule has 0 aromatic carbocycles. The zero-order chi connectivity index (χ0) is 17.1. The Morgan fingerprint density at radius 3 is 2.75 bits per heavy atom. The van der Waals surface area contributed by atoms with E-state index in [2.05, 4.69) is 20.7 Å². The molecule has 2 amide bonds. The van der Waals surface area contributed by atoms with Crippen LogP contribution in [0.2, 0.25) is 0 Å². The number of amides is 2. The van der Waals surface area contributed by atoms with Crippen molar-refractivity contribution < 1.29 is 9.32 Å². The van der Waals surface area contributed by atoms with E-state index < -0.39 is 0 Å². The van der Waals surface area contributed by atoms with Crippen molar-refractivity contribution in [2.45, 2.75) is 77.4 Å². The van der Waals surface area contributed by atoms with E-state index in [0.717, 1.165) is 49.0 Å². The quantitative estimate of drug-likeness (QED) is 0.868. The number of nitrogens with zero attached hydrogens (tertiary/aromatic N) is 2. The van der Waals surface area contributed by atoms with Crippen molar-refractivity contribution in [1.29, 1.82) is 0 Å². The number of nitrogens with one attached hydrogen (secondary N) is 2. The Morgan fingerprint density at radius 2 is 2.08 bits per heavy atom. The summed E-state index contributed by atoms with van der Waals surface area (Å²) in [6, 6.07) is 1.01. The van der Waals surface area contributed by atoms with Gasteiger partial charge < -0.3 is 15.2 Å². The van der Waals surface area contributed by atoms with Crippen LogP contribution in [0.5, 0.6) is 0 Å². The van der Waals surface area contributed by atoms with E-state index in [0.29, 0.717) is 0 Å². The van der Waals surface area contributed by atoms with Crippen molar-refractivity contribution in [2.24, 2.45) is 0 Å². The molecule has 2 aliphatic rings. The molecule has 1 saturated heterocycles. The molecule has 3 rings (SSSR count). The van der Waals surface area contributed by atoms with Gasteiger partial charge in [0.05, 0.1) is 5.69 Å². The average Bonchev–Trinajstić information content (AvgIpc) is 3.25. The van der Waals surface area contributed by atoms with Crippen LogP contribution < -0.4 is 10.6 Å². The second-order valence-corrected chi connectivity index (χ2v) is 7.44. The highest BCUT2D eigenvalue weighted by atomic mass is 16.5. The zero-order valence-corrected chi connectivity index (χ0v) is 15.1. The van der Waals surface area contributed by atoms with Crippen molar-refractivity contribution in [2.75, 3.05) is 13.1 Å². The monoisotopic (exact) mass is 334 g/mol. The van der Waals surface area contributed by atoms with Crippen molar-refractivity contribution in [1.82, 2.24) is 20.7 Å². The third kappa shape index (κ3) is 4.09. The molecular formula is C18H30N4O2. The van der Waals surface area contributed by atoms with Crippen LogP contribution in [0.1, 0.15) is 56.0 Å². The molecule has 1 saturated carbocycles. The molecule has 2 fully saturated rings. The molecule has 2 atom stereocenters. The van der Waals surface area contributed by atoms with Gasteiger partial charge in [-0.1, -0.05) is 18.0 Å². The fraction of sp³-hybridized carbons (Fsp3) is 0.778. The molecule has 2 N–H and O–H groups in total. The van der Waals surface area contributed by atoms with Gasteiger partial charge in [0.1, 0.15) is 5.76 Å². The van der Waals surface area contributed by atoms with Crippen LogP contribution in [0, 0.1) is 13.8 Å². The average molecular weight is 334 g/mol. The molecule has 134 valence electrons. The third-order valence-electron chi connectivity index (χ3n) is 5.47. The molecule has 6 nitrogen and oxygen atoms in total. The zero-order valence-electron chi connectivity index (χ0n) is 15.1. The Kier molecular flexibility index (Phi) is 5.43. The highest BCUT2D eigenvalue weighted by Crippen LogP contribution is 2.26. The van der Waals surface area contributed by atoms with E-state index in [-0.39, 0.29) is 18.1 Å². The summed E-state index contributed by atoms with van der Waals surface area (Å²) in [4.78, 5) is 14.8. The largest absolute Gasteiger partial charge is 0.361 e. The molecule has 1 aliphatic carbocycles. The maximum Gasteiger partial charge on any atom is 0.315 e. The first-order valence-corrected chi connectivity index (χ1v) is 9.25. The lowest BCUT2D eigenvalue weighted by Crippen LogP contribution is -2.47. The maximum absolute atomic E-state index is 12.3. The van der Waals surface area contributed by atoms with Gasteiger partial charge in [-0.3, -0.25) is 4.90 Å². The molecular weight excluding hydrogens is 304 g/mol. The van der Waals surface area contributed by atoms with Crippen molar-refractivity contribution >= 4 is 6.03 Å². The van der Waals surface area contributed by atoms with Crippen LogP contribution in [0.3, 0.4) is 0 Å². The van der Waals surface area contributed by atoms with Gasteiger partial charge in [0.25, 0.3) is 0 Å². The molecule has 2 heterocycles. The molecule has 0 spiro atoms. The first-order valence-electron chi connectivity index (χ1n) is 9.25. The fourth-order valence-electron chi connectivity index (χ4n) is 4.11. The van der Waals surface area contributed by atoms with E-state index >= 15 is 0 Å². The number of urea groups is 1. The number of aromatic nitrogens is 1. The van der Waals surface area contributed by atoms with Gasteiger partial charge in [0, 0.05) is 36.8 Å². The number of carbonyl (C=O) groups is 1. The number of hydrogen-bond acceptors (Lipinski definition) is 4. The highest BCUT2D eigenvalue weighted by molar-refractivity contribution is 5.74. The summed E-state index contributed by atoms with van der Waals surface area (Å²) < 4.78 is 5.19. The molecule has 24 heavy (non-hydrogen) atoms. The second-order valence-electron chi connectivity index (χ2n) is 7.44. The summed E-state index contributed by atoms with van der Waals surface area (Å²) in [5, 5.41) is 10.2. The van der Waals surface area contributed by atoms with Crippen molar-refractivity contribution in [3.63, 3.8) is 0 Å². The molecule has 1 aromatic heterocycles. The summed E-state index contributed by atoms with van der Waals surface area (Å²) >= 11 is 0. The van der Waals surface area contributed by atoms with Crippen LogP contribution >= 0.6 is 0 Å². The number of aryl methyl sites for hydroxylation is 2. The molecule has 6 heteroatoms. The minimum atomic E-state index is -0.0625. The summed E-state index contributed by atoms with van der Waals surface area (Å²) in [7, 11) is 0. The SMILES string of the molecule is Cc1noc(C)c1CC(C)NC(=O)NC1CCN(C2CCCC2)C1. The predicted molar refractivity (Wildman–Crippen MR) is 93.0 cm³/mol. The van der Waals surface area contributed by atoms with Gasteiger partial charge >= 0.3 is 6.03 Å².